The summed E-state index contributed by atoms with van der Waals surface area (Å²) < 4.78 is 12.5. The molecule has 0 radical (unpaired) electrons. The second kappa shape index (κ2) is 4.00. The molecule has 13 heavy (non-hydrogen) atoms. The Morgan fingerprint density at radius 1 is 1.38 bits per heavy atom. The van der Waals surface area contributed by atoms with E-state index in [-0.39, 0.29) is 5.82 Å². The van der Waals surface area contributed by atoms with E-state index in [1.807, 2.05) is 0 Å². The van der Waals surface area contributed by atoms with Gasteiger partial charge in [0.05, 0.1) is 6.04 Å². The molecule has 0 saturated carbocycles. The van der Waals surface area contributed by atoms with Crippen LogP contribution in [-0.4, -0.2) is 11.9 Å². The summed E-state index contributed by atoms with van der Waals surface area (Å²) in [7, 11) is 0. The first kappa shape index (κ1) is 9.67. The van der Waals surface area contributed by atoms with Gasteiger partial charge >= 0.3 is 0 Å². The first-order valence-corrected chi connectivity index (χ1v) is 3.89. The van der Waals surface area contributed by atoms with Crippen molar-refractivity contribution in [1.82, 2.24) is 0 Å². The molecule has 1 aromatic carbocycles. The van der Waals surface area contributed by atoms with Crippen LogP contribution < -0.4 is 11.5 Å². The van der Waals surface area contributed by atoms with E-state index in [2.05, 4.69) is 0 Å². The number of rotatable bonds is 3. The summed E-state index contributed by atoms with van der Waals surface area (Å²) in [4.78, 5) is 10.6. The fourth-order valence-corrected chi connectivity index (χ4v) is 0.975. The molecule has 0 aromatic heterocycles. The number of halogens is 1. The molecule has 70 valence electrons. The Morgan fingerprint density at radius 2 is 1.92 bits per heavy atom. The van der Waals surface area contributed by atoms with Crippen molar-refractivity contribution in [3.63, 3.8) is 0 Å². The zero-order chi connectivity index (χ0) is 9.84. The average Bonchev–Trinajstić information content (AvgIpc) is 2.08. The molecule has 1 amide bonds. The van der Waals surface area contributed by atoms with Crippen LogP contribution in [0, 0.1) is 5.82 Å². The van der Waals surface area contributed by atoms with Crippen LogP contribution in [-0.2, 0) is 11.2 Å². The highest BCUT2D eigenvalue weighted by Crippen LogP contribution is 2.04. The molecule has 1 aromatic rings. The third-order valence-corrected chi connectivity index (χ3v) is 1.73. The highest BCUT2D eigenvalue weighted by atomic mass is 19.1. The van der Waals surface area contributed by atoms with Crippen molar-refractivity contribution in [3.8, 4) is 0 Å². The molecule has 4 N–H and O–H groups in total. The molecule has 0 saturated heterocycles. The molecule has 1 atom stereocenters. The summed E-state index contributed by atoms with van der Waals surface area (Å²) in [6, 6.07) is 5.10. The molecule has 1 unspecified atom stereocenters. The van der Waals surface area contributed by atoms with Gasteiger partial charge in [0.1, 0.15) is 5.82 Å². The van der Waals surface area contributed by atoms with E-state index in [0.717, 1.165) is 5.56 Å². The minimum Gasteiger partial charge on any atom is -0.368 e. The van der Waals surface area contributed by atoms with Gasteiger partial charge in [-0.05, 0) is 24.1 Å². The second-order valence-electron chi connectivity index (χ2n) is 2.84. The molecule has 1 rings (SSSR count). The van der Waals surface area contributed by atoms with Gasteiger partial charge < -0.3 is 11.5 Å². The van der Waals surface area contributed by atoms with Crippen LogP contribution in [0.1, 0.15) is 5.56 Å². The Bertz CT molecular complexity index is 297. The largest absolute Gasteiger partial charge is 0.368 e. The number of carbonyl (C=O) groups is 1. The lowest BCUT2D eigenvalue weighted by atomic mass is 10.1. The Balaban J connectivity index is 2.64. The predicted octanol–water partition coefficient (Wildman–Crippen LogP) is 0.181. The van der Waals surface area contributed by atoms with Gasteiger partial charge in [0.15, 0.2) is 0 Å². The lowest BCUT2D eigenvalue weighted by Gasteiger charge is -2.06. The third-order valence-electron chi connectivity index (χ3n) is 1.73. The summed E-state index contributed by atoms with van der Waals surface area (Å²) in [6.07, 6.45) is 0.343. The standard InChI is InChI=1S/C9H11FN2O/c10-7-3-1-6(2-4-7)5-8(11)9(12)13/h1-4,8H,5,11H2,(H2,12,13). The van der Waals surface area contributed by atoms with Gasteiger partial charge in [-0.1, -0.05) is 12.1 Å². The normalized spacial score (nSPS) is 12.5. The van der Waals surface area contributed by atoms with E-state index >= 15 is 0 Å². The predicted molar refractivity (Wildman–Crippen MR) is 47.3 cm³/mol. The zero-order valence-electron chi connectivity index (χ0n) is 7.03. The SMILES string of the molecule is NC(=O)C(N)Cc1ccc(F)cc1. The monoisotopic (exact) mass is 182 g/mol. The Hall–Kier alpha value is -1.42. The van der Waals surface area contributed by atoms with Crippen molar-refractivity contribution in [1.29, 1.82) is 0 Å². The number of carbonyl (C=O) groups excluding carboxylic acids is 1. The number of hydrogen-bond donors (Lipinski definition) is 2. The maximum atomic E-state index is 12.5. The van der Waals surface area contributed by atoms with Gasteiger partial charge in [-0.2, -0.15) is 0 Å². The van der Waals surface area contributed by atoms with Crippen molar-refractivity contribution in [2.75, 3.05) is 0 Å². The molecular formula is C9H11FN2O. The van der Waals surface area contributed by atoms with E-state index in [9.17, 15) is 9.18 Å². The average molecular weight is 182 g/mol. The molecule has 4 heteroatoms. The minimum absolute atomic E-state index is 0.309. The Kier molecular flexibility index (Phi) is 2.97. The van der Waals surface area contributed by atoms with Gasteiger partial charge in [-0.25, -0.2) is 4.39 Å². The van der Waals surface area contributed by atoms with Crippen LogP contribution in [0.4, 0.5) is 4.39 Å². The third kappa shape index (κ3) is 2.83. The van der Waals surface area contributed by atoms with Crippen molar-refractivity contribution in [2.24, 2.45) is 11.5 Å². The zero-order valence-corrected chi connectivity index (χ0v) is 7.03. The molecule has 0 bridgehead atoms. The molecule has 0 fully saturated rings. The summed E-state index contributed by atoms with van der Waals surface area (Å²) in [5.41, 5.74) is 11.2. The van der Waals surface area contributed by atoms with E-state index < -0.39 is 11.9 Å². The lowest BCUT2D eigenvalue weighted by Crippen LogP contribution is -2.38. The van der Waals surface area contributed by atoms with Gasteiger partial charge in [0, 0.05) is 0 Å². The van der Waals surface area contributed by atoms with Gasteiger partial charge in [0.25, 0.3) is 0 Å². The number of nitrogens with two attached hydrogens (primary N) is 2. The molecular weight excluding hydrogens is 171 g/mol. The van der Waals surface area contributed by atoms with E-state index in [0.29, 0.717) is 6.42 Å². The smallest absolute Gasteiger partial charge is 0.234 e. The Labute approximate surface area is 75.5 Å². The van der Waals surface area contributed by atoms with Crippen molar-refractivity contribution in [3.05, 3.63) is 35.6 Å². The van der Waals surface area contributed by atoms with E-state index in [1.165, 1.54) is 12.1 Å². The summed E-state index contributed by atoms with van der Waals surface area (Å²) >= 11 is 0. The van der Waals surface area contributed by atoms with Crippen LogP contribution in [0.25, 0.3) is 0 Å². The molecule has 0 aliphatic carbocycles. The van der Waals surface area contributed by atoms with Gasteiger partial charge in [0.2, 0.25) is 5.91 Å². The molecule has 3 nitrogen and oxygen atoms in total. The summed E-state index contributed by atoms with van der Waals surface area (Å²) in [5, 5.41) is 0. The van der Waals surface area contributed by atoms with Gasteiger partial charge in [-0.15, -0.1) is 0 Å². The summed E-state index contributed by atoms with van der Waals surface area (Å²) in [5.74, 6) is -0.860. The highest BCUT2D eigenvalue weighted by Gasteiger charge is 2.09. The molecule has 0 aliphatic rings. The topological polar surface area (TPSA) is 69.1 Å². The first-order valence-electron chi connectivity index (χ1n) is 3.89. The molecule has 0 heterocycles. The summed E-state index contributed by atoms with van der Waals surface area (Å²) in [6.45, 7) is 0. The van der Waals surface area contributed by atoms with Crippen LogP contribution in [0.3, 0.4) is 0 Å². The number of amides is 1. The lowest BCUT2D eigenvalue weighted by molar-refractivity contribution is -0.119. The van der Waals surface area contributed by atoms with Crippen LogP contribution in [0.15, 0.2) is 24.3 Å². The van der Waals surface area contributed by atoms with Crippen molar-refractivity contribution < 1.29 is 9.18 Å². The van der Waals surface area contributed by atoms with Crippen molar-refractivity contribution >= 4 is 5.91 Å². The minimum atomic E-state index is -0.703. The highest BCUT2D eigenvalue weighted by molar-refractivity contribution is 5.79. The number of primary amides is 1. The quantitative estimate of drug-likeness (QED) is 0.700. The number of hydrogen-bond acceptors (Lipinski definition) is 2. The number of benzene rings is 1. The first-order chi connectivity index (χ1) is 6.09. The van der Waals surface area contributed by atoms with E-state index in [1.54, 1.807) is 12.1 Å². The van der Waals surface area contributed by atoms with Crippen LogP contribution in [0.2, 0.25) is 0 Å². The van der Waals surface area contributed by atoms with E-state index in [4.69, 9.17) is 11.5 Å². The fraction of sp³-hybridized carbons (Fsp3) is 0.222. The second-order valence-corrected chi connectivity index (χ2v) is 2.84. The maximum Gasteiger partial charge on any atom is 0.234 e. The molecule has 0 spiro atoms. The van der Waals surface area contributed by atoms with Crippen LogP contribution >= 0.6 is 0 Å². The maximum absolute atomic E-state index is 12.5. The Morgan fingerprint density at radius 3 is 2.38 bits per heavy atom. The van der Waals surface area contributed by atoms with Crippen LogP contribution in [0.5, 0.6) is 0 Å². The fourth-order valence-electron chi connectivity index (χ4n) is 0.975. The van der Waals surface area contributed by atoms with Gasteiger partial charge in [-0.3, -0.25) is 4.79 Å². The molecule has 0 aliphatic heterocycles. The van der Waals surface area contributed by atoms with Crippen molar-refractivity contribution in [2.45, 2.75) is 12.5 Å².